The van der Waals surface area contributed by atoms with E-state index in [9.17, 15) is 18.7 Å². The number of aliphatic carboxylic acids is 2. The third-order valence-corrected chi connectivity index (χ3v) is 6.47. The highest BCUT2D eigenvalue weighted by Gasteiger charge is 2.25. The Kier molecular flexibility index (Phi) is 35.0. The van der Waals surface area contributed by atoms with Gasteiger partial charge in [-0.2, -0.15) is 19.2 Å². The van der Waals surface area contributed by atoms with Gasteiger partial charge in [0.2, 0.25) is 0 Å². The highest BCUT2D eigenvalue weighted by molar-refractivity contribution is 7.52. The standard InChI is InChI=1S/C12H24N2O6.C9H24N2O6P2.2CO2/c1-13(2)3-5-19-7-8-20-6-4-14(9-11(15)16)10-12(17)18;1-3-10(4-2)6-5-7-11(8-18(12,13)14)9-19(15,16)17;2*2-1-3/h3-10H2,1-2H3,(H,15,16)(H,17,18);3-9H2,1-2H3,(H2,12,13,14)(H2,15,16,17);;. The summed E-state index contributed by atoms with van der Waals surface area (Å²) in [4.78, 5) is 95.8. The minimum Gasteiger partial charge on any atom is -0.480 e. The van der Waals surface area contributed by atoms with Crippen LogP contribution in [0.25, 0.3) is 0 Å². The molecule has 0 aromatic rings. The van der Waals surface area contributed by atoms with Crippen molar-refractivity contribution < 1.29 is 77.2 Å². The Bertz CT molecular complexity index is 863. The Morgan fingerprint density at radius 1 is 0.622 bits per heavy atom. The Hall–Kier alpha value is -2.24. The molecule has 20 nitrogen and oxygen atoms in total. The molecule has 0 aromatic heterocycles. The second kappa shape index (κ2) is 31.7. The average molecular weight is 699 g/mol. The number of carboxylic acids is 2. The fraction of sp³-hybridized carbons (Fsp3) is 0.826. The highest BCUT2D eigenvalue weighted by atomic mass is 31.2. The maximum absolute atomic E-state index is 10.9. The van der Waals surface area contributed by atoms with Crippen molar-refractivity contribution in [3.63, 3.8) is 0 Å². The van der Waals surface area contributed by atoms with Crippen LogP contribution in [-0.2, 0) is 47.4 Å². The SMILES string of the molecule is CCN(CC)CCCN(CP(=O)(O)O)CP(=O)(O)O.CN(C)CCOCCOCCN(CC(=O)O)CC(=O)O.O=C=O.O=C=O. The fourth-order valence-electron chi connectivity index (χ4n) is 3.12. The molecule has 0 radical (unpaired) electrons. The Morgan fingerprint density at radius 2 is 0.978 bits per heavy atom. The fourth-order valence-corrected chi connectivity index (χ4v) is 4.81. The van der Waals surface area contributed by atoms with Gasteiger partial charge >= 0.3 is 39.4 Å². The third kappa shape index (κ3) is 48.9. The average Bonchev–Trinajstić information content (AvgIpc) is 2.86. The number of carbonyl (C=O) groups excluding carboxylic acids is 4. The van der Waals surface area contributed by atoms with Crippen molar-refractivity contribution in [1.29, 1.82) is 0 Å². The van der Waals surface area contributed by atoms with Crippen LogP contribution >= 0.6 is 15.2 Å². The van der Waals surface area contributed by atoms with Gasteiger partial charge in [0.15, 0.2) is 0 Å². The van der Waals surface area contributed by atoms with Crippen molar-refractivity contribution in [2.24, 2.45) is 0 Å². The monoisotopic (exact) mass is 698 g/mol. The first-order valence-electron chi connectivity index (χ1n) is 13.3. The van der Waals surface area contributed by atoms with Crippen LogP contribution in [0.15, 0.2) is 0 Å². The summed E-state index contributed by atoms with van der Waals surface area (Å²) in [5, 5.41) is 17.3. The predicted molar refractivity (Wildman–Crippen MR) is 155 cm³/mol. The number of likely N-dealkylation sites (N-methyl/N-ethyl adjacent to an activating group) is 1. The van der Waals surface area contributed by atoms with Crippen LogP contribution in [0, 0.1) is 0 Å². The number of nitrogens with zero attached hydrogens (tertiary/aromatic N) is 4. The second-order valence-electron chi connectivity index (χ2n) is 9.08. The molecule has 266 valence electrons. The molecule has 0 spiro atoms. The first kappa shape index (κ1) is 49.6. The minimum absolute atomic E-state index is 0.243. The minimum atomic E-state index is -4.32. The van der Waals surface area contributed by atoms with Crippen LogP contribution in [0.2, 0.25) is 0 Å². The molecule has 0 bridgehead atoms. The van der Waals surface area contributed by atoms with Gasteiger partial charge < -0.3 is 49.1 Å². The smallest absolute Gasteiger partial charge is 0.373 e. The second-order valence-corrected chi connectivity index (χ2v) is 12.3. The van der Waals surface area contributed by atoms with Gasteiger partial charge in [0.05, 0.1) is 39.5 Å². The van der Waals surface area contributed by atoms with E-state index in [0.717, 1.165) is 31.1 Å². The summed E-state index contributed by atoms with van der Waals surface area (Å²) in [6.45, 7) is 8.97. The summed E-state index contributed by atoms with van der Waals surface area (Å²) in [5.74, 6) is -2.11. The van der Waals surface area contributed by atoms with E-state index in [2.05, 4.69) is 4.90 Å². The molecule has 0 aliphatic rings. The first-order chi connectivity index (χ1) is 20.8. The number of rotatable bonds is 23. The molecule has 0 atom stereocenters. The molecule has 6 N–H and O–H groups in total. The van der Waals surface area contributed by atoms with Crippen LogP contribution in [0.4, 0.5) is 0 Å². The summed E-state index contributed by atoms with van der Waals surface area (Å²) in [6.07, 6.45) is -0.158. The van der Waals surface area contributed by atoms with Gasteiger partial charge in [-0.3, -0.25) is 28.5 Å². The van der Waals surface area contributed by atoms with Crippen LogP contribution in [0.5, 0.6) is 0 Å². The van der Waals surface area contributed by atoms with Gasteiger partial charge in [0.25, 0.3) is 0 Å². The Balaban J connectivity index is -0.000000317. The normalized spacial score (nSPS) is 11.0. The van der Waals surface area contributed by atoms with E-state index in [1.807, 2.05) is 32.8 Å². The van der Waals surface area contributed by atoms with Gasteiger partial charge in [0, 0.05) is 19.6 Å². The van der Waals surface area contributed by atoms with E-state index >= 15 is 0 Å². The zero-order valence-corrected chi connectivity index (χ0v) is 27.8. The molecule has 45 heavy (non-hydrogen) atoms. The van der Waals surface area contributed by atoms with Gasteiger partial charge in [-0.05, 0) is 40.2 Å². The summed E-state index contributed by atoms with van der Waals surface area (Å²) in [6, 6.07) is 0. The molecular formula is C23H48N4O16P2. The molecule has 0 unspecified atom stereocenters. The van der Waals surface area contributed by atoms with E-state index < -0.39 is 39.7 Å². The molecule has 0 aromatic carbocycles. The van der Waals surface area contributed by atoms with Crippen molar-refractivity contribution in [3.05, 3.63) is 0 Å². The van der Waals surface area contributed by atoms with Crippen LogP contribution < -0.4 is 0 Å². The van der Waals surface area contributed by atoms with Gasteiger partial charge in [0.1, 0.15) is 12.6 Å². The predicted octanol–water partition coefficient (Wildman–Crippen LogP) is -1.82. The van der Waals surface area contributed by atoms with Crippen LogP contribution in [0.1, 0.15) is 20.3 Å². The van der Waals surface area contributed by atoms with Crippen molar-refractivity contribution in [1.82, 2.24) is 19.6 Å². The molecule has 0 aliphatic heterocycles. The molecule has 0 amide bonds. The topological polar surface area (TPSA) is 289 Å². The van der Waals surface area contributed by atoms with Crippen LogP contribution in [-0.4, -0.2) is 179 Å². The van der Waals surface area contributed by atoms with Crippen molar-refractivity contribution in [2.45, 2.75) is 20.3 Å². The molecule has 0 rings (SSSR count). The zero-order valence-electron chi connectivity index (χ0n) is 26.1. The van der Waals surface area contributed by atoms with Gasteiger partial charge in [-0.25, -0.2) is 0 Å². The lowest BCUT2D eigenvalue weighted by Gasteiger charge is -2.24. The van der Waals surface area contributed by atoms with Gasteiger partial charge in [-0.1, -0.05) is 13.8 Å². The molecule has 0 heterocycles. The van der Waals surface area contributed by atoms with Crippen molar-refractivity contribution >= 4 is 39.4 Å². The number of hydrogen-bond acceptors (Lipinski definition) is 14. The number of hydrogen-bond donors (Lipinski definition) is 6. The number of carboxylic acid groups (broad SMARTS) is 2. The summed E-state index contributed by atoms with van der Waals surface area (Å²) < 4.78 is 32.4. The Labute approximate surface area is 262 Å². The van der Waals surface area contributed by atoms with Gasteiger partial charge in [-0.15, -0.1) is 0 Å². The lowest BCUT2D eigenvalue weighted by atomic mass is 10.3. The highest BCUT2D eigenvalue weighted by Crippen LogP contribution is 2.40. The first-order valence-corrected chi connectivity index (χ1v) is 16.9. The summed E-state index contributed by atoms with van der Waals surface area (Å²) in [5.41, 5.74) is 0. The molecular weight excluding hydrogens is 650 g/mol. The maximum atomic E-state index is 10.9. The largest absolute Gasteiger partial charge is 0.480 e. The van der Waals surface area contributed by atoms with E-state index in [0.29, 0.717) is 26.2 Å². The van der Waals surface area contributed by atoms with Crippen LogP contribution in [0.3, 0.4) is 0 Å². The van der Waals surface area contributed by atoms with E-state index in [1.54, 1.807) is 0 Å². The zero-order chi connectivity index (χ0) is 35.9. The number of ether oxygens (including phenoxy) is 2. The van der Waals surface area contributed by atoms with E-state index in [-0.39, 0.29) is 45.1 Å². The lowest BCUT2D eigenvalue weighted by molar-refractivity contribution is -0.193. The molecule has 0 fully saturated rings. The molecule has 0 saturated heterocycles. The molecule has 0 aliphatic carbocycles. The Morgan fingerprint density at radius 3 is 1.29 bits per heavy atom. The van der Waals surface area contributed by atoms with E-state index in [4.69, 9.17) is 58.4 Å². The third-order valence-electron chi connectivity index (χ3n) is 4.94. The summed E-state index contributed by atoms with van der Waals surface area (Å²) >= 11 is 0. The van der Waals surface area contributed by atoms with E-state index in [1.165, 1.54) is 4.90 Å². The molecule has 22 heteroatoms. The van der Waals surface area contributed by atoms with Crippen molar-refractivity contribution in [3.8, 4) is 0 Å². The quantitative estimate of drug-likeness (QED) is 0.0505. The maximum Gasteiger partial charge on any atom is 0.373 e. The van der Waals surface area contributed by atoms with Crippen molar-refractivity contribution in [2.75, 3.05) is 105 Å². The number of carbonyl (C=O) groups is 2. The molecule has 0 saturated carbocycles. The summed E-state index contributed by atoms with van der Waals surface area (Å²) in [7, 11) is -4.72. The lowest BCUT2D eigenvalue weighted by Crippen LogP contribution is -2.37.